The third-order valence-electron chi connectivity index (χ3n) is 4.80. The number of halogens is 2. The Kier molecular flexibility index (Phi) is 8.36. The largest absolute Gasteiger partial charge is 0.473 e. The summed E-state index contributed by atoms with van der Waals surface area (Å²) in [6.07, 6.45) is 5.84. The topological polar surface area (TPSA) is 95.5 Å². The van der Waals surface area contributed by atoms with E-state index in [2.05, 4.69) is 20.3 Å². The molecule has 1 atom stereocenters. The van der Waals surface area contributed by atoms with Crippen molar-refractivity contribution in [1.82, 2.24) is 20.3 Å². The van der Waals surface area contributed by atoms with Crippen molar-refractivity contribution in [1.29, 1.82) is 0 Å². The molecular formula is C21H26ClFN4O4. The molecule has 0 bridgehead atoms. The van der Waals surface area contributed by atoms with Gasteiger partial charge in [0.05, 0.1) is 24.6 Å². The Balaban J connectivity index is 1.47. The summed E-state index contributed by atoms with van der Waals surface area (Å²) in [5.41, 5.74) is 0.546. The highest BCUT2D eigenvalue weighted by Crippen LogP contribution is 2.33. The number of carbonyl (C=O) groups is 1. The van der Waals surface area contributed by atoms with E-state index >= 15 is 0 Å². The van der Waals surface area contributed by atoms with Crippen molar-refractivity contribution in [2.75, 3.05) is 6.61 Å². The highest BCUT2D eigenvalue weighted by Gasteiger charge is 2.25. The number of ether oxygens (including phenoxy) is 3. The molecule has 1 aliphatic carbocycles. The first-order chi connectivity index (χ1) is 14.9. The van der Waals surface area contributed by atoms with E-state index in [0.29, 0.717) is 12.3 Å². The van der Waals surface area contributed by atoms with Gasteiger partial charge in [-0.15, -0.1) is 0 Å². The second-order valence-corrected chi connectivity index (χ2v) is 7.88. The monoisotopic (exact) mass is 452 g/mol. The number of pyridine rings is 1. The second-order valence-electron chi connectivity index (χ2n) is 7.51. The van der Waals surface area contributed by atoms with Crippen LogP contribution >= 0.6 is 11.6 Å². The standard InChI is InChI=1S/C21H26ClFN4O4/c1-13(27-14(2)28)10-29-17-5-7-18(8-6-17)31-21-19(22)20(25-12-26-21)30-11-16-4-3-15(23)9-24-16/h3-4,9,12-13,17-18H,5-8,10-11H2,1-2H3,(H,27,28)/t13-,17-,18-/m0/s1. The lowest BCUT2D eigenvalue weighted by molar-refractivity contribution is -0.120. The first kappa shape index (κ1) is 23.1. The van der Waals surface area contributed by atoms with Crippen LogP contribution in [0.3, 0.4) is 0 Å². The number of nitrogens with zero attached hydrogens (tertiary/aromatic N) is 3. The third-order valence-corrected chi connectivity index (χ3v) is 5.13. The zero-order valence-corrected chi connectivity index (χ0v) is 18.3. The van der Waals surface area contributed by atoms with E-state index in [4.69, 9.17) is 25.8 Å². The summed E-state index contributed by atoms with van der Waals surface area (Å²) in [5, 5.41) is 3.00. The fourth-order valence-electron chi connectivity index (χ4n) is 3.30. The number of carbonyl (C=O) groups excluding carboxylic acids is 1. The molecule has 1 saturated carbocycles. The van der Waals surface area contributed by atoms with Crippen molar-refractivity contribution in [3.63, 3.8) is 0 Å². The Morgan fingerprint density at radius 1 is 1.19 bits per heavy atom. The van der Waals surface area contributed by atoms with E-state index in [0.717, 1.165) is 31.9 Å². The van der Waals surface area contributed by atoms with E-state index in [1.807, 2.05) is 6.92 Å². The Bertz CT molecular complexity index is 863. The van der Waals surface area contributed by atoms with Gasteiger partial charge in [-0.1, -0.05) is 11.6 Å². The molecule has 1 N–H and O–H groups in total. The molecule has 0 aliphatic heterocycles. The summed E-state index contributed by atoms with van der Waals surface area (Å²) in [6.45, 7) is 3.99. The van der Waals surface area contributed by atoms with Gasteiger partial charge >= 0.3 is 0 Å². The van der Waals surface area contributed by atoms with Gasteiger partial charge in [0.25, 0.3) is 0 Å². The Hall–Kier alpha value is -2.52. The Morgan fingerprint density at radius 2 is 1.90 bits per heavy atom. The van der Waals surface area contributed by atoms with Crippen LogP contribution < -0.4 is 14.8 Å². The lowest BCUT2D eigenvalue weighted by Gasteiger charge is -2.29. The van der Waals surface area contributed by atoms with Crippen molar-refractivity contribution >= 4 is 17.5 Å². The van der Waals surface area contributed by atoms with Crippen LogP contribution in [-0.2, 0) is 16.1 Å². The van der Waals surface area contributed by atoms with Crippen LogP contribution in [0.5, 0.6) is 11.8 Å². The molecule has 168 valence electrons. The summed E-state index contributed by atoms with van der Waals surface area (Å²) in [7, 11) is 0. The summed E-state index contributed by atoms with van der Waals surface area (Å²) < 4.78 is 30.4. The van der Waals surface area contributed by atoms with Gasteiger partial charge < -0.3 is 19.5 Å². The summed E-state index contributed by atoms with van der Waals surface area (Å²) in [5.74, 6) is -0.0294. The lowest BCUT2D eigenvalue weighted by Crippen LogP contribution is -2.36. The normalized spacial score (nSPS) is 19.5. The van der Waals surface area contributed by atoms with Gasteiger partial charge in [-0.25, -0.2) is 14.4 Å². The van der Waals surface area contributed by atoms with Crippen LogP contribution in [0.25, 0.3) is 0 Å². The van der Waals surface area contributed by atoms with Gasteiger partial charge in [0.15, 0.2) is 5.02 Å². The minimum absolute atomic E-state index is 0.0187. The van der Waals surface area contributed by atoms with E-state index in [1.54, 1.807) is 0 Å². The van der Waals surface area contributed by atoms with E-state index in [9.17, 15) is 9.18 Å². The number of nitrogens with one attached hydrogen (secondary N) is 1. The van der Waals surface area contributed by atoms with Crippen LogP contribution in [0.2, 0.25) is 5.02 Å². The molecule has 31 heavy (non-hydrogen) atoms. The van der Waals surface area contributed by atoms with Gasteiger partial charge in [0.2, 0.25) is 17.7 Å². The van der Waals surface area contributed by atoms with Gasteiger partial charge in [-0.3, -0.25) is 9.78 Å². The van der Waals surface area contributed by atoms with E-state index in [-0.39, 0.29) is 47.5 Å². The van der Waals surface area contributed by atoms with Crippen LogP contribution in [0.15, 0.2) is 24.7 Å². The molecule has 0 spiro atoms. The van der Waals surface area contributed by atoms with Crippen molar-refractivity contribution in [2.24, 2.45) is 0 Å². The molecule has 3 rings (SSSR count). The molecule has 8 nitrogen and oxygen atoms in total. The van der Waals surface area contributed by atoms with Crippen molar-refractivity contribution in [2.45, 2.75) is 64.4 Å². The predicted octanol–water partition coefficient (Wildman–Crippen LogP) is 3.47. The van der Waals surface area contributed by atoms with Gasteiger partial charge in [0.1, 0.15) is 24.9 Å². The average molecular weight is 453 g/mol. The predicted molar refractivity (Wildman–Crippen MR) is 111 cm³/mol. The first-order valence-corrected chi connectivity index (χ1v) is 10.6. The lowest BCUT2D eigenvalue weighted by atomic mass is 9.95. The molecule has 0 aromatic carbocycles. The Morgan fingerprint density at radius 3 is 2.58 bits per heavy atom. The third kappa shape index (κ3) is 7.29. The highest BCUT2D eigenvalue weighted by molar-refractivity contribution is 6.33. The molecule has 1 aliphatic rings. The fourth-order valence-corrected chi connectivity index (χ4v) is 3.50. The smallest absolute Gasteiger partial charge is 0.240 e. The molecule has 10 heteroatoms. The second kappa shape index (κ2) is 11.2. The van der Waals surface area contributed by atoms with Crippen molar-refractivity contribution in [3.8, 4) is 11.8 Å². The highest BCUT2D eigenvalue weighted by atomic mass is 35.5. The number of aromatic nitrogens is 3. The molecule has 1 amide bonds. The average Bonchev–Trinajstić information content (AvgIpc) is 2.74. The van der Waals surface area contributed by atoms with E-state index in [1.165, 1.54) is 25.4 Å². The van der Waals surface area contributed by atoms with Crippen LogP contribution in [0, 0.1) is 5.82 Å². The van der Waals surface area contributed by atoms with Crippen LogP contribution in [-0.4, -0.2) is 45.7 Å². The minimum Gasteiger partial charge on any atom is -0.473 e. The van der Waals surface area contributed by atoms with Crippen LogP contribution in [0.4, 0.5) is 4.39 Å². The summed E-state index contributed by atoms with van der Waals surface area (Å²) in [6, 6.07) is 2.82. The number of rotatable bonds is 9. The fraction of sp³-hybridized carbons (Fsp3) is 0.524. The molecular weight excluding hydrogens is 427 g/mol. The maximum atomic E-state index is 13.0. The SMILES string of the molecule is CC(=O)N[C@@H](C)CO[C@H]1CC[C@H](Oc2ncnc(OCc3ccc(F)cn3)c2Cl)CC1. The van der Waals surface area contributed by atoms with Crippen LogP contribution in [0.1, 0.15) is 45.2 Å². The van der Waals surface area contributed by atoms with E-state index < -0.39 is 5.82 Å². The zero-order chi connectivity index (χ0) is 22.2. The summed E-state index contributed by atoms with van der Waals surface area (Å²) in [4.78, 5) is 23.2. The quantitative estimate of drug-likeness (QED) is 0.622. The van der Waals surface area contributed by atoms with Crippen molar-refractivity contribution in [3.05, 3.63) is 41.2 Å². The molecule has 0 radical (unpaired) electrons. The maximum Gasteiger partial charge on any atom is 0.240 e. The molecule has 1 fully saturated rings. The Labute approximate surface area is 185 Å². The molecule has 2 heterocycles. The van der Waals surface area contributed by atoms with Gasteiger partial charge in [-0.05, 0) is 44.7 Å². The maximum absolute atomic E-state index is 13.0. The zero-order valence-electron chi connectivity index (χ0n) is 17.5. The van der Waals surface area contributed by atoms with Crippen molar-refractivity contribution < 1.29 is 23.4 Å². The number of hydrogen-bond acceptors (Lipinski definition) is 7. The van der Waals surface area contributed by atoms with Gasteiger partial charge in [-0.2, -0.15) is 0 Å². The number of amides is 1. The molecule has 0 unspecified atom stereocenters. The minimum atomic E-state index is -0.415. The molecule has 2 aromatic heterocycles. The molecule has 2 aromatic rings. The first-order valence-electron chi connectivity index (χ1n) is 10.2. The molecule has 0 saturated heterocycles. The van der Waals surface area contributed by atoms with Gasteiger partial charge in [0, 0.05) is 13.0 Å². The number of hydrogen-bond donors (Lipinski definition) is 1. The summed E-state index contributed by atoms with van der Waals surface area (Å²) >= 11 is 6.36.